The van der Waals surface area contributed by atoms with Gasteiger partial charge in [0.1, 0.15) is 5.56 Å². The molecule has 1 amide bonds. The number of carbonyl (C=O) groups excluding carboxylic acids is 1. The number of H-pyrrole nitrogens is 1. The molecule has 0 unspecified atom stereocenters. The summed E-state index contributed by atoms with van der Waals surface area (Å²) < 4.78 is 0. The van der Waals surface area contributed by atoms with Gasteiger partial charge in [0.2, 0.25) is 0 Å². The molecule has 2 rings (SSSR count). The Hall–Kier alpha value is -1.58. The molecule has 1 aliphatic rings. The Morgan fingerprint density at radius 2 is 2.19 bits per heavy atom. The number of hydrogen-bond donors (Lipinski definition) is 2. The topological polar surface area (TPSA) is 62.0 Å². The molecule has 0 aliphatic heterocycles. The van der Waals surface area contributed by atoms with Gasteiger partial charge in [0, 0.05) is 24.0 Å². The van der Waals surface area contributed by atoms with Crippen molar-refractivity contribution in [2.45, 2.75) is 32.7 Å². The van der Waals surface area contributed by atoms with Gasteiger partial charge in [0.25, 0.3) is 5.91 Å². The Kier molecular flexibility index (Phi) is 2.81. The third-order valence-electron chi connectivity index (χ3n) is 3.01. The minimum atomic E-state index is -0.266. The van der Waals surface area contributed by atoms with Crippen LogP contribution in [-0.2, 0) is 0 Å². The molecule has 16 heavy (non-hydrogen) atoms. The van der Waals surface area contributed by atoms with Crippen molar-refractivity contribution < 1.29 is 4.79 Å². The molecule has 0 saturated heterocycles. The number of aromatic nitrogens is 1. The molecule has 1 aromatic rings. The largest absolute Gasteiger partial charge is 0.364 e. The second-order valence-electron chi connectivity index (χ2n) is 4.64. The van der Waals surface area contributed by atoms with E-state index in [0.717, 1.165) is 18.5 Å². The van der Waals surface area contributed by atoms with Gasteiger partial charge in [0.05, 0.1) is 0 Å². The number of hydrogen-bond acceptors (Lipinski definition) is 2. The van der Waals surface area contributed by atoms with Gasteiger partial charge in [-0.25, -0.2) is 0 Å². The zero-order valence-corrected chi connectivity index (χ0v) is 9.54. The van der Waals surface area contributed by atoms with Crippen molar-refractivity contribution >= 4 is 5.91 Å². The van der Waals surface area contributed by atoms with Crippen molar-refractivity contribution in [3.63, 3.8) is 0 Å². The van der Waals surface area contributed by atoms with Crippen LogP contribution >= 0.6 is 0 Å². The SMILES string of the molecule is Cc1cc(=O)c(C(=O)NC2CC(C)C2)c[nH]1. The van der Waals surface area contributed by atoms with Crippen LogP contribution in [0.3, 0.4) is 0 Å². The molecule has 1 saturated carbocycles. The number of aryl methyl sites for hydroxylation is 1. The highest BCUT2D eigenvalue weighted by Gasteiger charge is 2.27. The standard InChI is InChI=1S/C12H16N2O2/c1-7-3-9(4-7)14-12(16)10-6-13-8(2)5-11(10)15/h5-7,9H,3-4H2,1-2H3,(H,13,15)(H,14,16). The summed E-state index contributed by atoms with van der Waals surface area (Å²) in [6.45, 7) is 3.94. The van der Waals surface area contributed by atoms with Crippen LogP contribution in [0.25, 0.3) is 0 Å². The van der Waals surface area contributed by atoms with E-state index in [2.05, 4.69) is 17.2 Å². The highest BCUT2D eigenvalue weighted by atomic mass is 16.2. The van der Waals surface area contributed by atoms with Gasteiger partial charge in [-0.2, -0.15) is 0 Å². The number of nitrogens with one attached hydrogen (secondary N) is 2. The van der Waals surface area contributed by atoms with Crippen LogP contribution in [0.4, 0.5) is 0 Å². The molecule has 1 heterocycles. The first-order valence-electron chi connectivity index (χ1n) is 5.56. The second kappa shape index (κ2) is 4.12. The number of carbonyl (C=O) groups is 1. The van der Waals surface area contributed by atoms with Gasteiger partial charge in [-0.05, 0) is 25.7 Å². The van der Waals surface area contributed by atoms with Crippen LogP contribution in [0.1, 0.15) is 35.8 Å². The zero-order chi connectivity index (χ0) is 11.7. The van der Waals surface area contributed by atoms with Crippen LogP contribution in [0.5, 0.6) is 0 Å². The summed E-state index contributed by atoms with van der Waals surface area (Å²) in [4.78, 5) is 26.2. The third kappa shape index (κ3) is 2.15. The molecule has 0 bridgehead atoms. The molecule has 2 N–H and O–H groups in total. The lowest BCUT2D eigenvalue weighted by atomic mass is 9.82. The molecular weight excluding hydrogens is 204 g/mol. The number of rotatable bonds is 2. The van der Waals surface area contributed by atoms with Crippen molar-refractivity contribution in [2.24, 2.45) is 5.92 Å². The molecule has 1 aromatic heterocycles. The summed E-state index contributed by atoms with van der Waals surface area (Å²) in [5.74, 6) is 0.416. The van der Waals surface area contributed by atoms with Crippen LogP contribution in [0.2, 0.25) is 0 Å². The molecule has 0 aromatic carbocycles. The Balaban J connectivity index is 2.06. The molecule has 1 aliphatic carbocycles. The summed E-state index contributed by atoms with van der Waals surface area (Å²) in [6, 6.07) is 1.68. The molecule has 86 valence electrons. The van der Waals surface area contributed by atoms with Gasteiger partial charge in [0.15, 0.2) is 5.43 Å². The minimum absolute atomic E-state index is 0.199. The van der Waals surface area contributed by atoms with E-state index in [0.29, 0.717) is 5.92 Å². The molecule has 1 fully saturated rings. The van der Waals surface area contributed by atoms with E-state index in [4.69, 9.17) is 0 Å². The highest BCUT2D eigenvalue weighted by molar-refractivity contribution is 5.94. The Morgan fingerprint density at radius 3 is 2.75 bits per heavy atom. The summed E-state index contributed by atoms with van der Waals surface area (Å²) in [5, 5.41) is 2.86. The normalized spacial score (nSPS) is 23.6. The maximum atomic E-state index is 11.8. The lowest BCUT2D eigenvalue weighted by molar-refractivity contribution is 0.0894. The average Bonchev–Trinajstić information content (AvgIpc) is 2.15. The maximum absolute atomic E-state index is 11.8. The van der Waals surface area contributed by atoms with Crippen molar-refractivity contribution in [3.8, 4) is 0 Å². The van der Waals surface area contributed by atoms with E-state index in [-0.39, 0.29) is 22.9 Å². The van der Waals surface area contributed by atoms with Gasteiger partial charge >= 0.3 is 0 Å². The van der Waals surface area contributed by atoms with Crippen LogP contribution in [-0.4, -0.2) is 16.9 Å². The smallest absolute Gasteiger partial charge is 0.256 e. The van der Waals surface area contributed by atoms with Gasteiger partial charge in [-0.15, -0.1) is 0 Å². The average molecular weight is 220 g/mol. The lowest BCUT2D eigenvalue weighted by Gasteiger charge is -2.33. The fourth-order valence-corrected chi connectivity index (χ4v) is 2.03. The van der Waals surface area contributed by atoms with Crippen molar-refractivity contribution in [1.82, 2.24) is 10.3 Å². The van der Waals surface area contributed by atoms with Crippen LogP contribution < -0.4 is 10.7 Å². The minimum Gasteiger partial charge on any atom is -0.364 e. The quantitative estimate of drug-likeness (QED) is 0.787. The number of pyridine rings is 1. The first kappa shape index (κ1) is 10.9. The molecule has 0 radical (unpaired) electrons. The summed E-state index contributed by atoms with van der Waals surface area (Å²) in [5.41, 5.74) is 0.741. The fraction of sp³-hybridized carbons (Fsp3) is 0.500. The zero-order valence-electron chi connectivity index (χ0n) is 9.54. The summed E-state index contributed by atoms with van der Waals surface area (Å²) >= 11 is 0. The molecular formula is C12H16N2O2. The predicted molar refractivity (Wildman–Crippen MR) is 61.5 cm³/mol. The molecule has 0 atom stereocenters. The Morgan fingerprint density at radius 1 is 1.50 bits per heavy atom. The maximum Gasteiger partial charge on any atom is 0.256 e. The van der Waals surface area contributed by atoms with E-state index in [1.807, 2.05) is 0 Å². The Bertz CT molecular complexity index is 458. The van der Waals surface area contributed by atoms with E-state index in [1.54, 1.807) is 6.92 Å². The van der Waals surface area contributed by atoms with E-state index in [9.17, 15) is 9.59 Å². The van der Waals surface area contributed by atoms with Gasteiger partial charge < -0.3 is 10.3 Å². The van der Waals surface area contributed by atoms with E-state index in [1.165, 1.54) is 12.3 Å². The molecule has 4 heteroatoms. The van der Waals surface area contributed by atoms with Crippen molar-refractivity contribution in [2.75, 3.05) is 0 Å². The van der Waals surface area contributed by atoms with Crippen LogP contribution in [0.15, 0.2) is 17.1 Å². The summed E-state index contributed by atoms with van der Waals surface area (Å²) in [7, 11) is 0. The van der Waals surface area contributed by atoms with Gasteiger partial charge in [-0.1, -0.05) is 6.92 Å². The highest BCUT2D eigenvalue weighted by Crippen LogP contribution is 2.26. The third-order valence-corrected chi connectivity index (χ3v) is 3.01. The summed E-state index contributed by atoms with van der Waals surface area (Å²) in [6.07, 6.45) is 3.50. The van der Waals surface area contributed by atoms with Crippen molar-refractivity contribution in [3.05, 3.63) is 33.7 Å². The second-order valence-corrected chi connectivity index (χ2v) is 4.64. The lowest BCUT2D eigenvalue weighted by Crippen LogP contribution is -2.44. The monoisotopic (exact) mass is 220 g/mol. The van der Waals surface area contributed by atoms with Crippen molar-refractivity contribution in [1.29, 1.82) is 0 Å². The predicted octanol–water partition coefficient (Wildman–Crippen LogP) is 1.21. The van der Waals surface area contributed by atoms with Gasteiger partial charge in [-0.3, -0.25) is 9.59 Å². The van der Waals surface area contributed by atoms with E-state index >= 15 is 0 Å². The molecule has 4 nitrogen and oxygen atoms in total. The number of aromatic amines is 1. The number of amides is 1. The first-order valence-corrected chi connectivity index (χ1v) is 5.56. The fourth-order valence-electron chi connectivity index (χ4n) is 2.03. The van der Waals surface area contributed by atoms with E-state index < -0.39 is 0 Å². The molecule has 0 spiro atoms. The first-order chi connectivity index (χ1) is 7.56. The Labute approximate surface area is 94.1 Å². The van der Waals surface area contributed by atoms with Crippen LogP contribution in [0, 0.1) is 12.8 Å².